The van der Waals surface area contributed by atoms with E-state index in [4.69, 9.17) is 0 Å². The Hall–Kier alpha value is -1.26. The van der Waals surface area contributed by atoms with Gasteiger partial charge < -0.3 is 0 Å². The summed E-state index contributed by atoms with van der Waals surface area (Å²) in [5.74, 6) is -0.983. The molecule has 0 N–H and O–H groups in total. The summed E-state index contributed by atoms with van der Waals surface area (Å²) in [5, 5.41) is 3.18. The van der Waals surface area contributed by atoms with Crippen LogP contribution in [0, 0.1) is 11.6 Å². The predicted molar refractivity (Wildman–Crippen MR) is 83.6 cm³/mol. The molecule has 20 heavy (non-hydrogen) atoms. The second-order valence-corrected chi connectivity index (χ2v) is 6.58. The molecule has 4 heteroatoms. The molecule has 3 rings (SSSR count). The van der Waals surface area contributed by atoms with Crippen molar-refractivity contribution in [1.29, 1.82) is 0 Å². The minimum Gasteiger partial charge on any atom is -0.207 e. The average Bonchev–Trinajstić information content (AvgIpc) is 2.87. The average molecular weight is 353 g/mol. The van der Waals surface area contributed by atoms with Crippen molar-refractivity contribution in [3.05, 3.63) is 70.6 Å². The van der Waals surface area contributed by atoms with Gasteiger partial charge in [-0.05, 0) is 40.9 Å². The van der Waals surface area contributed by atoms with Crippen molar-refractivity contribution in [3.8, 4) is 0 Å². The molecule has 0 spiro atoms. The number of alkyl halides is 1. The number of thiophene rings is 1. The van der Waals surface area contributed by atoms with Crippen LogP contribution in [0.1, 0.15) is 16.0 Å². The number of benzene rings is 2. The highest BCUT2D eigenvalue weighted by Gasteiger charge is 2.17. The van der Waals surface area contributed by atoms with Gasteiger partial charge in [0.2, 0.25) is 0 Å². The van der Waals surface area contributed by atoms with Crippen LogP contribution in [-0.2, 0) is 6.42 Å². The number of hydrogen-bond donors (Lipinski definition) is 0. The van der Waals surface area contributed by atoms with E-state index in [2.05, 4.69) is 15.9 Å². The lowest BCUT2D eigenvalue weighted by Crippen LogP contribution is -2.00. The summed E-state index contributed by atoms with van der Waals surface area (Å²) in [6, 6.07) is 12.0. The molecular weight excluding hydrogens is 342 g/mol. The Morgan fingerprint density at radius 3 is 2.45 bits per heavy atom. The summed E-state index contributed by atoms with van der Waals surface area (Å²) in [5.41, 5.74) is 1.21. The standard InChI is InChI=1S/C16H11BrF2S/c17-13(8-11-14(18)5-3-6-15(11)19)12-9-20-16-7-2-1-4-10(12)16/h1-7,9,13H,8H2. The Balaban J connectivity index is 1.95. The zero-order valence-electron chi connectivity index (χ0n) is 10.4. The third-order valence-electron chi connectivity index (χ3n) is 3.29. The van der Waals surface area contributed by atoms with Gasteiger partial charge in [-0.2, -0.15) is 0 Å². The topological polar surface area (TPSA) is 0 Å². The predicted octanol–water partition coefficient (Wildman–Crippen LogP) is 5.86. The van der Waals surface area contributed by atoms with Gasteiger partial charge in [-0.3, -0.25) is 0 Å². The molecule has 0 saturated heterocycles. The summed E-state index contributed by atoms with van der Waals surface area (Å²) in [6.45, 7) is 0. The maximum Gasteiger partial charge on any atom is 0.129 e. The molecule has 1 unspecified atom stereocenters. The van der Waals surface area contributed by atoms with Crippen molar-refractivity contribution < 1.29 is 8.78 Å². The lowest BCUT2D eigenvalue weighted by Gasteiger charge is -2.11. The van der Waals surface area contributed by atoms with Crippen molar-refractivity contribution >= 4 is 37.4 Å². The van der Waals surface area contributed by atoms with Gasteiger partial charge in [0.1, 0.15) is 11.6 Å². The number of fused-ring (bicyclic) bond motifs is 1. The minimum absolute atomic E-state index is 0.106. The molecule has 1 atom stereocenters. The van der Waals surface area contributed by atoms with E-state index in [0.29, 0.717) is 6.42 Å². The van der Waals surface area contributed by atoms with E-state index in [0.717, 1.165) is 10.9 Å². The van der Waals surface area contributed by atoms with Gasteiger partial charge in [-0.1, -0.05) is 40.2 Å². The fourth-order valence-electron chi connectivity index (χ4n) is 2.26. The summed E-state index contributed by atoms with van der Waals surface area (Å²) in [7, 11) is 0. The van der Waals surface area contributed by atoms with Crippen LogP contribution in [0.15, 0.2) is 47.8 Å². The molecule has 0 nitrogen and oxygen atoms in total. The van der Waals surface area contributed by atoms with Gasteiger partial charge in [0, 0.05) is 15.1 Å². The molecule has 102 valence electrons. The van der Waals surface area contributed by atoms with Crippen LogP contribution in [-0.4, -0.2) is 0 Å². The third kappa shape index (κ3) is 2.50. The van der Waals surface area contributed by atoms with E-state index in [-0.39, 0.29) is 10.4 Å². The lowest BCUT2D eigenvalue weighted by molar-refractivity contribution is 0.554. The molecule has 0 bridgehead atoms. The third-order valence-corrected chi connectivity index (χ3v) is 5.09. The van der Waals surface area contributed by atoms with Gasteiger partial charge in [0.15, 0.2) is 0 Å². The van der Waals surface area contributed by atoms with Crippen LogP contribution in [0.3, 0.4) is 0 Å². The Kier molecular flexibility index (Phi) is 3.85. The van der Waals surface area contributed by atoms with Crippen molar-refractivity contribution in [2.75, 3.05) is 0 Å². The first-order valence-electron chi connectivity index (χ1n) is 6.20. The molecule has 0 saturated carbocycles. The zero-order valence-corrected chi connectivity index (χ0v) is 12.8. The summed E-state index contributed by atoms with van der Waals surface area (Å²) in [6.07, 6.45) is 0.291. The van der Waals surface area contributed by atoms with Gasteiger partial charge in [0.05, 0.1) is 0 Å². The normalized spacial score (nSPS) is 12.8. The highest BCUT2D eigenvalue weighted by molar-refractivity contribution is 9.09. The maximum absolute atomic E-state index is 13.7. The number of halogens is 3. The smallest absolute Gasteiger partial charge is 0.129 e. The SMILES string of the molecule is Fc1cccc(F)c1CC(Br)c1csc2ccccc12. The van der Waals surface area contributed by atoms with Crippen LogP contribution in [0.25, 0.3) is 10.1 Å². The van der Waals surface area contributed by atoms with E-state index in [1.54, 1.807) is 11.3 Å². The highest BCUT2D eigenvalue weighted by atomic mass is 79.9. The zero-order chi connectivity index (χ0) is 14.1. The summed E-state index contributed by atoms with van der Waals surface area (Å²) in [4.78, 5) is -0.106. The second-order valence-electron chi connectivity index (χ2n) is 4.56. The van der Waals surface area contributed by atoms with Gasteiger partial charge in [0.25, 0.3) is 0 Å². The van der Waals surface area contributed by atoms with Gasteiger partial charge >= 0.3 is 0 Å². The Morgan fingerprint density at radius 2 is 1.70 bits per heavy atom. The van der Waals surface area contributed by atoms with Crippen LogP contribution in [0.5, 0.6) is 0 Å². The van der Waals surface area contributed by atoms with Crippen LogP contribution in [0.4, 0.5) is 8.78 Å². The highest BCUT2D eigenvalue weighted by Crippen LogP contribution is 2.37. The minimum atomic E-state index is -0.492. The summed E-state index contributed by atoms with van der Waals surface area (Å²) < 4.78 is 28.6. The van der Waals surface area contributed by atoms with E-state index < -0.39 is 11.6 Å². The van der Waals surface area contributed by atoms with Crippen molar-refractivity contribution in [2.45, 2.75) is 11.2 Å². The molecule has 2 aromatic carbocycles. The second kappa shape index (κ2) is 5.62. The molecule has 1 heterocycles. The molecule has 0 aliphatic rings. The maximum atomic E-state index is 13.7. The Labute approximate surface area is 128 Å². The van der Waals surface area contributed by atoms with Crippen molar-refractivity contribution in [1.82, 2.24) is 0 Å². The van der Waals surface area contributed by atoms with Crippen LogP contribution in [0.2, 0.25) is 0 Å². The molecule has 0 aliphatic carbocycles. The van der Waals surface area contributed by atoms with Crippen molar-refractivity contribution in [3.63, 3.8) is 0 Å². The van der Waals surface area contributed by atoms with Crippen LogP contribution >= 0.6 is 27.3 Å². The lowest BCUT2D eigenvalue weighted by atomic mass is 10.0. The number of hydrogen-bond acceptors (Lipinski definition) is 1. The first kappa shape index (κ1) is 13.7. The fourth-order valence-corrected chi connectivity index (χ4v) is 4.15. The molecule has 1 aromatic heterocycles. The van der Waals surface area contributed by atoms with Gasteiger partial charge in [-0.15, -0.1) is 11.3 Å². The first-order chi connectivity index (χ1) is 9.66. The van der Waals surface area contributed by atoms with Gasteiger partial charge in [-0.25, -0.2) is 8.78 Å². The molecule has 0 radical (unpaired) electrons. The van der Waals surface area contributed by atoms with E-state index in [1.165, 1.54) is 22.9 Å². The van der Waals surface area contributed by atoms with Crippen LogP contribution < -0.4 is 0 Å². The largest absolute Gasteiger partial charge is 0.207 e. The molecule has 0 amide bonds. The quantitative estimate of drug-likeness (QED) is 0.518. The molecule has 3 aromatic rings. The van der Waals surface area contributed by atoms with E-state index in [9.17, 15) is 8.78 Å². The number of rotatable bonds is 3. The fraction of sp³-hybridized carbons (Fsp3) is 0.125. The Morgan fingerprint density at radius 1 is 1.00 bits per heavy atom. The summed E-state index contributed by atoms with van der Waals surface area (Å²) >= 11 is 5.21. The van der Waals surface area contributed by atoms with Crippen molar-refractivity contribution in [2.24, 2.45) is 0 Å². The van der Waals surface area contributed by atoms with E-state index in [1.807, 2.05) is 29.6 Å². The molecular formula is C16H11BrF2S. The molecule has 0 fully saturated rings. The first-order valence-corrected chi connectivity index (χ1v) is 7.99. The molecule has 0 aliphatic heterocycles. The Bertz CT molecular complexity index is 731. The van der Waals surface area contributed by atoms with E-state index >= 15 is 0 Å². The monoisotopic (exact) mass is 352 g/mol.